The van der Waals surface area contributed by atoms with Crippen molar-refractivity contribution in [2.24, 2.45) is 29.6 Å². The molecule has 3 saturated heterocycles. The first-order valence-electron chi connectivity index (χ1n) is 19.8. The molecule has 13 heteroatoms. The second-order valence-electron chi connectivity index (χ2n) is 17.2. The number of hydrogen-bond acceptors (Lipinski definition) is 13. The van der Waals surface area contributed by atoms with E-state index in [1.165, 1.54) is 21.1 Å². The summed E-state index contributed by atoms with van der Waals surface area (Å²) < 4.78 is 38.1. The lowest BCUT2D eigenvalue weighted by molar-refractivity contribution is -0.305. The maximum atomic E-state index is 14.4. The van der Waals surface area contributed by atoms with Crippen LogP contribution in [-0.2, 0) is 38.0 Å². The maximum Gasteiger partial charge on any atom is 0.309 e. The lowest BCUT2D eigenvalue weighted by atomic mass is 9.67. The number of ketones is 1. The summed E-state index contributed by atoms with van der Waals surface area (Å²) in [5.41, 5.74) is -4.22. The van der Waals surface area contributed by atoms with Crippen LogP contribution < -0.4 is 0 Å². The van der Waals surface area contributed by atoms with Crippen molar-refractivity contribution in [1.29, 1.82) is 0 Å². The Hall–Kier alpha value is -1.70. The Morgan fingerprint density at radius 1 is 0.926 bits per heavy atom. The number of likely N-dealkylation sites (N-methyl/N-ethyl adjacent to an activating group) is 1. The molecule has 0 aromatic heterocycles. The molecule has 3 fully saturated rings. The highest BCUT2D eigenvalue weighted by atomic mass is 16.7. The van der Waals surface area contributed by atoms with Gasteiger partial charge in [0.1, 0.15) is 29.7 Å². The largest absolute Gasteiger partial charge is 0.459 e. The third-order valence-corrected chi connectivity index (χ3v) is 13.1. The second kappa shape index (κ2) is 18.7. The van der Waals surface area contributed by atoms with E-state index in [4.69, 9.17) is 34.8 Å². The molecule has 3 aliphatic heterocycles. The van der Waals surface area contributed by atoms with E-state index in [-0.39, 0.29) is 37.2 Å². The molecule has 18 atom stereocenters. The summed E-state index contributed by atoms with van der Waals surface area (Å²) in [6.45, 7) is 18.0. The van der Waals surface area contributed by atoms with E-state index >= 15 is 0 Å². The van der Waals surface area contributed by atoms with Crippen LogP contribution in [0, 0.1) is 41.9 Å². The van der Waals surface area contributed by atoms with Gasteiger partial charge in [-0.2, -0.15) is 0 Å². The van der Waals surface area contributed by atoms with Gasteiger partial charge < -0.3 is 48.8 Å². The van der Waals surface area contributed by atoms with Crippen LogP contribution in [0.4, 0.5) is 0 Å². The van der Waals surface area contributed by atoms with Crippen molar-refractivity contribution in [3.8, 4) is 12.3 Å². The highest BCUT2D eigenvalue weighted by Gasteiger charge is 2.56. The monoisotopic (exact) mass is 769 g/mol. The number of Topliss-reactive ketones (excluding diaryl/α,β-unsaturated/α-hetero) is 1. The fourth-order valence-electron chi connectivity index (χ4n) is 9.46. The van der Waals surface area contributed by atoms with Crippen molar-refractivity contribution in [1.82, 2.24) is 4.90 Å². The Bertz CT molecular complexity index is 1290. The molecule has 3 rings (SSSR count). The number of nitrogens with zero attached hydrogens (tertiary/aromatic N) is 1. The fourth-order valence-corrected chi connectivity index (χ4v) is 9.46. The number of esters is 1. The fraction of sp³-hybridized carbons (Fsp3) is 0.902. The molecule has 312 valence electrons. The van der Waals surface area contributed by atoms with Crippen molar-refractivity contribution in [3.63, 3.8) is 0 Å². The SMILES string of the molecule is C#CCCN(C)[C@H]1C[C@@H](C)O[C@@H](O[C@@H]2[C@@H](C)[C@H](C3C[C@@](C)(OC)[C@@H](O)[C@H](C)O3)[C@@H](C)C(=O)O[C@H](CC)[C@@](C)(O)[C@H](O)[C@@H](C)C(=O)[C@H](C)C[C@@]2(C)OC)[C@@H]1O. The molecule has 3 aliphatic rings. The number of terminal acetylenes is 1. The Morgan fingerprint density at radius 2 is 1.54 bits per heavy atom. The number of carbonyl (C=O) groups is 2. The number of carbonyl (C=O) groups excluding carboxylic acids is 2. The van der Waals surface area contributed by atoms with Crippen molar-refractivity contribution in [3.05, 3.63) is 0 Å². The summed E-state index contributed by atoms with van der Waals surface area (Å²) in [4.78, 5) is 30.5. The maximum absolute atomic E-state index is 14.4. The highest BCUT2D eigenvalue weighted by molar-refractivity contribution is 5.83. The highest BCUT2D eigenvalue weighted by Crippen LogP contribution is 2.46. The minimum atomic E-state index is -1.95. The quantitative estimate of drug-likeness (QED) is 0.199. The summed E-state index contributed by atoms with van der Waals surface area (Å²) >= 11 is 0. The van der Waals surface area contributed by atoms with Crippen LogP contribution in [0.25, 0.3) is 0 Å². The third-order valence-electron chi connectivity index (χ3n) is 13.1. The number of hydrogen-bond donors (Lipinski definition) is 4. The molecule has 3 heterocycles. The minimum absolute atomic E-state index is 0.125. The Kier molecular flexibility index (Phi) is 16.2. The standard InChI is InChI=1S/C41H71NO12/c1-15-17-18-42(12)28-19-23(4)51-38(33(28)44)54-36-24(5)31(29-21-39(9,49-13)35(46)27(8)52-29)25(6)37(47)53-30(16-2)41(11,48)34(45)26(7)32(43)22(3)20-40(36,10)50-14/h1,22-31,33-36,38,44-46,48H,16-21H2,2-14H3/t22-,23-,24+,25-,26+,27+,28+,29?,30-,31+,33-,34-,35+,36-,38+,39-,40-,41-/m1/s1. The van der Waals surface area contributed by atoms with E-state index in [9.17, 15) is 30.0 Å². The van der Waals surface area contributed by atoms with Gasteiger partial charge in [0.25, 0.3) is 0 Å². The summed E-state index contributed by atoms with van der Waals surface area (Å²) in [6, 6.07) is -0.340. The van der Waals surface area contributed by atoms with Crippen molar-refractivity contribution < 1.29 is 58.4 Å². The molecule has 54 heavy (non-hydrogen) atoms. The van der Waals surface area contributed by atoms with Crippen LogP contribution in [-0.4, -0.2) is 143 Å². The average molecular weight is 770 g/mol. The third kappa shape index (κ3) is 9.69. The first kappa shape index (κ1) is 46.7. The first-order valence-corrected chi connectivity index (χ1v) is 19.8. The Labute approximate surface area is 323 Å². The number of cyclic esters (lactones) is 1. The lowest BCUT2D eigenvalue weighted by Crippen LogP contribution is -2.62. The van der Waals surface area contributed by atoms with Gasteiger partial charge in [0.05, 0.1) is 47.6 Å². The normalized spacial score (nSPS) is 47.5. The van der Waals surface area contributed by atoms with Crippen LogP contribution >= 0.6 is 0 Å². The molecule has 0 spiro atoms. The summed E-state index contributed by atoms with van der Waals surface area (Å²) in [6.07, 6.45) is -1.36. The van der Waals surface area contributed by atoms with E-state index in [0.717, 1.165) is 0 Å². The molecule has 4 N–H and O–H groups in total. The van der Waals surface area contributed by atoms with E-state index in [1.54, 1.807) is 41.5 Å². The summed E-state index contributed by atoms with van der Waals surface area (Å²) in [5, 5.41) is 46.2. The summed E-state index contributed by atoms with van der Waals surface area (Å²) in [7, 11) is 4.96. The van der Waals surface area contributed by atoms with Gasteiger partial charge in [-0.15, -0.1) is 12.3 Å². The zero-order valence-corrected chi connectivity index (χ0v) is 35.0. The Balaban J connectivity index is 2.27. The smallest absolute Gasteiger partial charge is 0.309 e. The molecular weight excluding hydrogens is 698 g/mol. The average Bonchev–Trinajstić information content (AvgIpc) is 3.13. The number of aliphatic hydroxyl groups excluding tert-OH is 3. The zero-order chi connectivity index (χ0) is 41.1. The summed E-state index contributed by atoms with van der Waals surface area (Å²) in [5.74, 6) is -2.19. The predicted molar refractivity (Wildman–Crippen MR) is 202 cm³/mol. The molecule has 1 unspecified atom stereocenters. The van der Waals surface area contributed by atoms with Gasteiger partial charge in [-0.3, -0.25) is 14.5 Å². The van der Waals surface area contributed by atoms with Crippen molar-refractivity contribution >= 4 is 11.8 Å². The van der Waals surface area contributed by atoms with Crippen molar-refractivity contribution in [2.45, 2.75) is 179 Å². The number of aliphatic hydroxyl groups is 4. The van der Waals surface area contributed by atoms with Crippen LogP contribution in [0.2, 0.25) is 0 Å². The van der Waals surface area contributed by atoms with Crippen LogP contribution in [0.5, 0.6) is 0 Å². The van der Waals surface area contributed by atoms with Gasteiger partial charge in [0.15, 0.2) is 6.29 Å². The molecule has 0 amide bonds. The molecule has 13 nitrogen and oxygen atoms in total. The number of methoxy groups -OCH3 is 2. The molecule has 0 radical (unpaired) electrons. The minimum Gasteiger partial charge on any atom is -0.459 e. The van der Waals surface area contributed by atoms with Crippen LogP contribution in [0.1, 0.15) is 101 Å². The lowest BCUT2D eigenvalue weighted by Gasteiger charge is -2.52. The van der Waals surface area contributed by atoms with Gasteiger partial charge in [-0.25, -0.2) is 0 Å². The molecule has 0 saturated carbocycles. The molecular formula is C41H71NO12. The van der Waals surface area contributed by atoms with E-state index < -0.39 is 101 Å². The molecule has 0 bridgehead atoms. The van der Waals surface area contributed by atoms with Gasteiger partial charge in [0, 0.05) is 57.4 Å². The second-order valence-corrected chi connectivity index (χ2v) is 17.2. The first-order chi connectivity index (χ1) is 25.0. The van der Waals surface area contributed by atoms with Gasteiger partial charge in [-0.05, 0) is 66.8 Å². The number of rotatable bonds is 9. The van der Waals surface area contributed by atoms with Gasteiger partial charge >= 0.3 is 5.97 Å². The molecule has 0 aromatic carbocycles. The molecule has 0 aliphatic carbocycles. The van der Waals surface area contributed by atoms with E-state index in [2.05, 4.69) is 5.92 Å². The van der Waals surface area contributed by atoms with E-state index in [0.29, 0.717) is 19.4 Å². The van der Waals surface area contributed by atoms with Crippen LogP contribution in [0.15, 0.2) is 0 Å². The van der Waals surface area contributed by atoms with Gasteiger partial charge in [-0.1, -0.05) is 34.6 Å². The van der Waals surface area contributed by atoms with Crippen LogP contribution in [0.3, 0.4) is 0 Å². The zero-order valence-electron chi connectivity index (χ0n) is 35.0. The topological polar surface area (TPSA) is 174 Å². The van der Waals surface area contributed by atoms with Gasteiger partial charge in [0.2, 0.25) is 0 Å². The van der Waals surface area contributed by atoms with Crippen molar-refractivity contribution in [2.75, 3.05) is 27.8 Å². The Morgan fingerprint density at radius 3 is 2.09 bits per heavy atom. The number of ether oxygens (including phenoxy) is 6. The van der Waals surface area contributed by atoms with E-state index in [1.807, 2.05) is 32.7 Å². The molecule has 0 aromatic rings. The predicted octanol–water partition coefficient (Wildman–Crippen LogP) is 3.11.